The van der Waals surface area contributed by atoms with Crippen molar-refractivity contribution >= 4 is 11.9 Å². The van der Waals surface area contributed by atoms with Crippen LogP contribution in [0.5, 0.6) is 0 Å². The third-order valence-electron chi connectivity index (χ3n) is 3.58. The summed E-state index contributed by atoms with van der Waals surface area (Å²) in [4.78, 5) is 18.1. The number of piperidine rings is 1. The van der Waals surface area contributed by atoms with Gasteiger partial charge in [-0.3, -0.25) is 9.79 Å². The third kappa shape index (κ3) is 7.32. The van der Waals surface area contributed by atoms with Crippen LogP contribution in [0.1, 0.15) is 40.0 Å². The number of carbonyl (C=O) groups excluding carboxylic acids is 1. The SMILES string of the molecule is CCNC(=NCCCN1CCCC(C(N)=O)C1)NC(C)C. The van der Waals surface area contributed by atoms with Gasteiger partial charge in [-0.15, -0.1) is 0 Å². The van der Waals surface area contributed by atoms with Crippen LogP contribution in [0.15, 0.2) is 4.99 Å². The number of hydrogen-bond acceptors (Lipinski definition) is 3. The van der Waals surface area contributed by atoms with Gasteiger partial charge in [-0.05, 0) is 53.1 Å². The first-order chi connectivity index (χ1) is 10.0. The fourth-order valence-electron chi connectivity index (χ4n) is 2.57. The Hall–Kier alpha value is -1.30. The number of rotatable bonds is 7. The molecule has 1 fully saturated rings. The van der Waals surface area contributed by atoms with Gasteiger partial charge in [-0.1, -0.05) is 0 Å². The zero-order valence-corrected chi connectivity index (χ0v) is 13.7. The lowest BCUT2D eigenvalue weighted by molar-refractivity contribution is -0.123. The van der Waals surface area contributed by atoms with Crippen LogP contribution in [0.4, 0.5) is 0 Å². The zero-order valence-electron chi connectivity index (χ0n) is 13.7. The number of guanidine groups is 1. The first-order valence-corrected chi connectivity index (χ1v) is 8.09. The fourth-order valence-corrected chi connectivity index (χ4v) is 2.57. The van der Waals surface area contributed by atoms with Crippen LogP contribution in [-0.4, -0.2) is 55.5 Å². The molecule has 0 spiro atoms. The lowest BCUT2D eigenvalue weighted by atomic mass is 9.97. The molecule has 0 aromatic heterocycles. The van der Waals surface area contributed by atoms with Crippen LogP contribution >= 0.6 is 0 Å². The molecular formula is C15H31N5O. The first kappa shape index (κ1) is 17.8. The number of nitrogens with one attached hydrogen (secondary N) is 2. The normalized spacial score (nSPS) is 20.6. The zero-order chi connectivity index (χ0) is 15.7. The maximum Gasteiger partial charge on any atom is 0.221 e. The molecule has 1 saturated heterocycles. The summed E-state index contributed by atoms with van der Waals surface area (Å²) in [7, 11) is 0. The molecule has 1 aliphatic heterocycles. The highest BCUT2D eigenvalue weighted by Crippen LogP contribution is 2.15. The Morgan fingerprint density at radius 3 is 2.86 bits per heavy atom. The molecule has 1 rings (SSSR count). The van der Waals surface area contributed by atoms with Crippen molar-refractivity contribution < 1.29 is 4.79 Å². The molecule has 1 unspecified atom stereocenters. The summed E-state index contributed by atoms with van der Waals surface area (Å²) in [6.45, 7) is 10.8. The summed E-state index contributed by atoms with van der Waals surface area (Å²) < 4.78 is 0. The maximum absolute atomic E-state index is 11.3. The molecule has 1 amide bonds. The average molecular weight is 297 g/mol. The summed E-state index contributed by atoms with van der Waals surface area (Å²) in [5.41, 5.74) is 5.40. The summed E-state index contributed by atoms with van der Waals surface area (Å²) >= 11 is 0. The molecule has 4 N–H and O–H groups in total. The Morgan fingerprint density at radius 2 is 2.24 bits per heavy atom. The number of hydrogen-bond donors (Lipinski definition) is 3. The van der Waals surface area contributed by atoms with E-state index in [1.807, 2.05) is 0 Å². The highest BCUT2D eigenvalue weighted by Gasteiger charge is 2.23. The Labute approximate surface area is 128 Å². The third-order valence-corrected chi connectivity index (χ3v) is 3.58. The van der Waals surface area contributed by atoms with Gasteiger partial charge in [-0.25, -0.2) is 0 Å². The van der Waals surface area contributed by atoms with Gasteiger partial charge in [0, 0.05) is 25.7 Å². The molecule has 0 saturated carbocycles. The van der Waals surface area contributed by atoms with Crippen LogP contribution in [0.2, 0.25) is 0 Å². The first-order valence-electron chi connectivity index (χ1n) is 8.09. The minimum atomic E-state index is -0.159. The monoisotopic (exact) mass is 297 g/mol. The van der Waals surface area contributed by atoms with Crippen molar-refractivity contribution in [3.05, 3.63) is 0 Å². The molecule has 1 heterocycles. The molecule has 21 heavy (non-hydrogen) atoms. The molecule has 0 radical (unpaired) electrons. The molecule has 1 atom stereocenters. The van der Waals surface area contributed by atoms with Gasteiger partial charge in [0.2, 0.25) is 5.91 Å². The van der Waals surface area contributed by atoms with Crippen molar-refractivity contribution in [2.24, 2.45) is 16.6 Å². The topological polar surface area (TPSA) is 82.8 Å². The molecule has 0 aliphatic carbocycles. The minimum Gasteiger partial charge on any atom is -0.369 e. The minimum absolute atomic E-state index is 0.0298. The molecule has 122 valence electrons. The predicted octanol–water partition coefficient (Wildman–Crippen LogP) is 0.537. The van der Waals surface area contributed by atoms with Crippen LogP contribution in [0.25, 0.3) is 0 Å². The van der Waals surface area contributed by atoms with E-state index in [9.17, 15) is 4.79 Å². The van der Waals surface area contributed by atoms with Gasteiger partial charge < -0.3 is 21.3 Å². The van der Waals surface area contributed by atoms with E-state index < -0.39 is 0 Å². The molecular weight excluding hydrogens is 266 g/mol. The van der Waals surface area contributed by atoms with E-state index in [4.69, 9.17) is 5.73 Å². The molecule has 6 nitrogen and oxygen atoms in total. The van der Waals surface area contributed by atoms with Crippen LogP contribution in [0, 0.1) is 5.92 Å². The van der Waals surface area contributed by atoms with E-state index >= 15 is 0 Å². The molecule has 1 aliphatic rings. The van der Waals surface area contributed by atoms with E-state index in [0.717, 1.165) is 57.9 Å². The number of carbonyl (C=O) groups is 1. The van der Waals surface area contributed by atoms with E-state index in [1.165, 1.54) is 0 Å². The Balaban J connectivity index is 2.29. The second-order valence-electron chi connectivity index (χ2n) is 5.96. The fraction of sp³-hybridized carbons (Fsp3) is 0.867. The smallest absolute Gasteiger partial charge is 0.221 e. The van der Waals surface area contributed by atoms with Crippen molar-refractivity contribution in [3.63, 3.8) is 0 Å². The Morgan fingerprint density at radius 1 is 1.48 bits per heavy atom. The lowest BCUT2D eigenvalue weighted by Crippen LogP contribution is -2.42. The van der Waals surface area contributed by atoms with Crippen molar-refractivity contribution in [3.8, 4) is 0 Å². The number of amides is 1. The van der Waals surface area contributed by atoms with Crippen molar-refractivity contribution in [1.82, 2.24) is 15.5 Å². The van der Waals surface area contributed by atoms with Crippen molar-refractivity contribution in [2.45, 2.75) is 46.1 Å². The van der Waals surface area contributed by atoms with E-state index in [0.29, 0.717) is 6.04 Å². The van der Waals surface area contributed by atoms with Gasteiger partial charge in [0.05, 0.1) is 5.92 Å². The summed E-state index contributed by atoms with van der Waals surface area (Å²) in [5, 5.41) is 6.54. The van der Waals surface area contributed by atoms with Crippen molar-refractivity contribution in [2.75, 3.05) is 32.7 Å². The number of nitrogens with zero attached hydrogens (tertiary/aromatic N) is 2. The highest BCUT2D eigenvalue weighted by molar-refractivity contribution is 5.80. The molecule has 0 aromatic carbocycles. The van der Waals surface area contributed by atoms with Crippen LogP contribution in [0.3, 0.4) is 0 Å². The van der Waals surface area contributed by atoms with E-state index in [1.54, 1.807) is 0 Å². The van der Waals surface area contributed by atoms with Gasteiger partial charge in [0.25, 0.3) is 0 Å². The Bertz CT molecular complexity index is 343. The summed E-state index contributed by atoms with van der Waals surface area (Å²) in [5.74, 6) is 0.747. The van der Waals surface area contributed by atoms with Gasteiger partial charge in [-0.2, -0.15) is 0 Å². The summed E-state index contributed by atoms with van der Waals surface area (Å²) in [6.07, 6.45) is 3.00. The van der Waals surface area contributed by atoms with Gasteiger partial charge >= 0.3 is 0 Å². The van der Waals surface area contributed by atoms with E-state index in [-0.39, 0.29) is 11.8 Å². The predicted molar refractivity (Wildman–Crippen MR) is 87.2 cm³/mol. The standard InChI is InChI=1S/C15H31N5O/c1-4-17-15(19-12(2)3)18-8-6-10-20-9-5-7-13(11-20)14(16)21/h12-13H,4-11H2,1-3H3,(H2,16,21)(H2,17,18,19). The largest absolute Gasteiger partial charge is 0.369 e. The lowest BCUT2D eigenvalue weighted by Gasteiger charge is -2.30. The van der Waals surface area contributed by atoms with Gasteiger partial charge in [0.15, 0.2) is 5.96 Å². The Kier molecular flexibility index (Phi) is 8.12. The number of primary amides is 1. The maximum atomic E-state index is 11.3. The van der Waals surface area contributed by atoms with Crippen LogP contribution in [-0.2, 0) is 4.79 Å². The van der Waals surface area contributed by atoms with E-state index in [2.05, 4.69) is 41.3 Å². The van der Waals surface area contributed by atoms with Crippen molar-refractivity contribution in [1.29, 1.82) is 0 Å². The second kappa shape index (κ2) is 9.60. The average Bonchev–Trinajstić information content (AvgIpc) is 2.43. The number of aliphatic imine (C=N–C) groups is 1. The molecule has 6 heteroatoms. The quantitative estimate of drug-likeness (QED) is 0.364. The molecule has 0 bridgehead atoms. The van der Waals surface area contributed by atoms with Gasteiger partial charge in [0.1, 0.15) is 0 Å². The summed E-state index contributed by atoms with van der Waals surface area (Å²) in [6, 6.07) is 0.376. The second-order valence-corrected chi connectivity index (χ2v) is 5.96. The number of likely N-dealkylation sites (tertiary alicyclic amines) is 1. The highest BCUT2D eigenvalue weighted by atomic mass is 16.1. The molecule has 0 aromatic rings. The number of nitrogens with two attached hydrogens (primary N) is 1. The van der Waals surface area contributed by atoms with Crippen LogP contribution < -0.4 is 16.4 Å².